The molecule has 0 aromatic heterocycles. The zero-order valence-electron chi connectivity index (χ0n) is 12.9. The SMILES string of the molecule is CCN(CC)C(=O)c1cccc(NC(=O)C2CCCC2)c1. The van der Waals surface area contributed by atoms with Crippen molar-refractivity contribution >= 4 is 17.5 Å². The molecule has 0 saturated heterocycles. The van der Waals surface area contributed by atoms with Gasteiger partial charge in [0.2, 0.25) is 5.91 Å². The highest BCUT2D eigenvalue weighted by Gasteiger charge is 2.22. The van der Waals surface area contributed by atoms with E-state index >= 15 is 0 Å². The first-order valence-corrected chi connectivity index (χ1v) is 7.86. The molecule has 1 aromatic rings. The fraction of sp³-hybridized carbons (Fsp3) is 0.529. The number of hydrogen-bond acceptors (Lipinski definition) is 2. The maximum Gasteiger partial charge on any atom is 0.253 e. The molecule has 0 unspecified atom stereocenters. The van der Waals surface area contributed by atoms with Crippen LogP contribution in [-0.2, 0) is 4.79 Å². The number of anilines is 1. The number of carbonyl (C=O) groups excluding carboxylic acids is 2. The number of amides is 2. The average molecular weight is 288 g/mol. The van der Waals surface area contributed by atoms with Gasteiger partial charge in [0, 0.05) is 30.3 Å². The third-order valence-corrected chi connectivity index (χ3v) is 4.15. The van der Waals surface area contributed by atoms with Crippen LogP contribution in [-0.4, -0.2) is 29.8 Å². The lowest BCUT2D eigenvalue weighted by Crippen LogP contribution is -2.30. The van der Waals surface area contributed by atoms with Crippen molar-refractivity contribution in [2.24, 2.45) is 5.92 Å². The van der Waals surface area contributed by atoms with E-state index in [9.17, 15) is 9.59 Å². The van der Waals surface area contributed by atoms with Crippen LogP contribution in [0.1, 0.15) is 49.9 Å². The maximum atomic E-state index is 12.3. The van der Waals surface area contributed by atoms with Crippen molar-refractivity contribution in [3.63, 3.8) is 0 Å². The summed E-state index contributed by atoms with van der Waals surface area (Å²) in [5.41, 5.74) is 1.34. The third kappa shape index (κ3) is 3.84. The minimum Gasteiger partial charge on any atom is -0.339 e. The Balaban J connectivity index is 2.06. The highest BCUT2D eigenvalue weighted by Crippen LogP contribution is 2.26. The Morgan fingerprint density at radius 2 is 1.86 bits per heavy atom. The zero-order chi connectivity index (χ0) is 15.2. The number of nitrogens with one attached hydrogen (secondary N) is 1. The summed E-state index contributed by atoms with van der Waals surface area (Å²) in [7, 11) is 0. The van der Waals surface area contributed by atoms with Crippen molar-refractivity contribution in [2.75, 3.05) is 18.4 Å². The number of hydrogen-bond donors (Lipinski definition) is 1. The van der Waals surface area contributed by atoms with Gasteiger partial charge >= 0.3 is 0 Å². The summed E-state index contributed by atoms with van der Waals surface area (Å²) in [6.07, 6.45) is 4.23. The van der Waals surface area contributed by atoms with E-state index in [1.165, 1.54) is 0 Å². The van der Waals surface area contributed by atoms with Crippen molar-refractivity contribution in [3.05, 3.63) is 29.8 Å². The predicted molar refractivity (Wildman–Crippen MR) is 84.3 cm³/mol. The molecule has 2 rings (SSSR count). The maximum absolute atomic E-state index is 12.3. The summed E-state index contributed by atoms with van der Waals surface area (Å²) in [6.45, 7) is 5.31. The standard InChI is InChI=1S/C17H24N2O2/c1-3-19(4-2)17(21)14-10-7-11-15(12-14)18-16(20)13-8-5-6-9-13/h7,10-13H,3-6,8-9H2,1-2H3,(H,18,20). The molecule has 1 fully saturated rings. The molecule has 2 amide bonds. The molecule has 21 heavy (non-hydrogen) atoms. The van der Waals surface area contributed by atoms with Gasteiger partial charge in [-0.15, -0.1) is 0 Å². The lowest BCUT2D eigenvalue weighted by Gasteiger charge is -2.19. The smallest absolute Gasteiger partial charge is 0.253 e. The Morgan fingerprint density at radius 3 is 2.48 bits per heavy atom. The number of carbonyl (C=O) groups is 2. The number of nitrogens with zero attached hydrogens (tertiary/aromatic N) is 1. The largest absolute Gasteiger partial charge is 0.339 e. The van der Waals surface area contributed by atoms with Gasteiger partial charge in [0.1, 0.15) is 0 Å². The molecule has 1 aliphatic rings. The second kappa shape index (κ2) is 7.25. The molecule has 0 bridgehead atoms. The predicted octanol–water partition coefficient (Wildman–Crippen LogP) is 3.30. The molecule has 1 saturated carbocycles. The zero-order valence-corrected chi connectivity index (χ0v) is 12.9. The fourth-order valence-corrected chi connectivity index (χ4v) is 2.86. The lowest BCUT2D eigenvalue weighted by molar-refractivity contribution is -0.119. The molecular formula is C17H24N2O2. The fourth-order valence-electron chi connectivity index (χ4n) is 2.86. The average Bonchev–Trinajstić information content (AvgIpc) is 3.03. The first-order valence-electron chi connectivity index (χ1n) is 7.86. The Labute approximate surface area is 126 Å². The van der Waals surface area contributed by atoms with Crippen LogP contribution in [0.3, 0.4) is 0 Å². The van der Waals surface area contributed by atoms with Crippen LogP contribution in [0.5, 0.6) is 0 Å². The van der Waals surface area contributed by atoms with Gasteiger partial charge < -0.3 is 10.2 Å². The molecule has 4 heteroatoms. The van der Waals surface area contributed by atoms with E-state index in [0.717, 1.165) is 25.7 Å². The Kier molecular flexibility index (Phi) is 5.37. The lowest BCUT2D eigenvalue weighted by atomic mass is 10.1. The molecule has 0 spiro atoms. The summed E-state index contributed by atoms with van der Waals surface area (Å²) in [5, 5.41) is 2.94. The van der Waals surface area contributed by atoms with Gasteiger partial charge in [0.15, 0.2) is 0 Å². The van der Waals surface area contributed by atoms with E-state index in [1.54, 1.807) is 17.0 Å². The quantitative estimate of drug-likeness (QED) is 0.903. The summed E-state index contributed by atoms with van der Waals surface area (Å²) in [4.78, 5) is 26.2. The number of rotatable bonds is 5. The van der Waals surface area contributed by atoms with Crippen LogP contribution in [0, 0.1) is 5.92 Å². The normalized spacial score (nSPS) is 15.0. The van der Waals surface area contributed by atoms with E-state index in [-0.39, 0.29) is 17.7 Å². The molecule has 4 nitrogen and oxygen atoms in total. The van der Waals surface area contributed by atoms with Gasteiger partial charge in [-0.1, -0.05) is 18.9 Å². The van der Waals surface area contributed by atoms with Gasteiger partial charge in [0.25, 0.3) is 5.91 Å². The van der Waals surface area contributed by atoms with Crippen LogP contribution in [0.15, 0.2) is 24.3 Å². The third-order valence-electron chi connectivity index (χ3n) is 4.15. The van der Waals surface area contributed by atoms with E-state index in [1.807, 2.05) is 26.0 Å². The summed E-state index contributed by atoms with van der Waals surface area (Å²) in [5.74, 6) is 0.226. The molecule has 0 radical (unpaired) electrons. The highest BCUT2D eigenvalue weighted by atomic mass is 16.2. The molecule has 1 aromatic carbocycles. The molecule has 114 valence electrons. The molecular weight excluding hydrogens is 264 g/mol. The first-order chi connectivity index (χ1) is 10.2. The minimum atomic E-state index is 0.0111. The summed E-state index contributed by atoms with van der Waals surface area (Å²) < 4.78 is 0. The van der Waals surface area contributed by atoms with Gasteiger partial charge in [-0.25, -0.2) is 0 Å². The van der Waals surface area contributed by atoms with E-state index in [2.05, 4.69) is 5.32 Å². The Bertz CT molecular complexity index is 503. The van der Waals surface area contributed by atoms with Crippen molar-refractivity contribution in [1.82, 2.24) is 4.90 Å². The highest BCUT2D eigenvalue weighted by molar-refractivity contribution is 5.97. The number of benzene rings is 1. The summed E-state index contributed by atoms with van der Waals surface area (Å²) >= 11 is 0. The molecule has 1 aliphatic carbocycles. The second-order valence-electron chi connectivity index (χ2n) is 5.53. The molecule has 0 heterocycles. The Hall–Kier alpha value is -1.84. The van der Waals surface area contributed by atoms with Crippen molar-refractivity contribution in [2.45, 2.75) is 39.5 Å². The summed E-state index contributed by atoms with van der Waals surface area (Å²) in [6, 6.07) is 7.23. The van der Waals surface area contributed by atoms with Gasteiger partial charge in [-0.05, 0) is 44.9 Å². The van der Waals surface area contributed by atoms with Gasteiger partial charge in [-0.2, -0.15) is 0 Å². The van der Waals surface area contributed by atoms with Crippen LogP contribution in [0.2, 0.25) is 0 Å². The van der Waals surface area contributed by atoms with Crippen LogP contribution < -0.4 is 5.32 Å². The van der Waals surface area contributed by atoms with Crippen LogP contribution >= 0.6 is 0 Å². The Morgan fingerprint density at radius 1 is 1.19 bits per heavy atom. The second-order valence-corrected chi connectivity index (χ2v) is 5.53. The first kappa shape index (κ1) is 15.5. The monoisotopic (exact) mass is 288 g/mol. The molecule has 1 N–H and O–H groups in total. The van der Waals surface area contributed by atoms with Crippen LogP contribution in [0.4, 0.5) is 5.69 Å². The van der Waals surface area contributed by atoms with Crippen molar-refractivity contribution < 1.29 is 9.59 Å². The minimum absolute atomic E-state index is 0.0111. The topological polar surface area (TPSA) is 49.4 Å². The van der Waals surface area contributed by atoms with E-state index < -0.39 is 0 Å². The van der Waals surface area contributed by atoms with Crippen molar-refractivity contribution in [1.29, 1.82) is 0 Å². The van der Waals surface area contributed by atoms with E-state index in [0.29, 0.717) is 24.3 Å². The van der Waals surface area contributed by atoms with Crippen molar-refractivity contribution in [3.8, 4) is 0 Å². The van der Waals surface area contributed by atoms with Gasteiger partial charge in [-0.3, -0.25) is 9.59 Å². The van der Waals surface area contributed by atoms with Crippen LogP contribution in [0.25, 0.3) is 0 Å². The molecule has 0 atom stereocenters. The van der Waals surface area contributed by atoms with E-state index in [4.69, 9.17) is 0 Å². The molecule has 0 aliphatic heterocycles. The van der Waals surface area contributed by atoms with Gasteiger partial charge in [0.05, 0.1) is 0 Å².